The quantitative estimate of drug-likeness (QED) is 0.656. The standard InChI is InChI=1S/C21H19N3O4/c1-10-7-13-9-15(10)18-17(13)20(26)24(21(18)27)14-5-3-12(4-6-14)19(25)22-16-8-11(2)28-23-16/h3-8,13,15,17-18H,9H2,1-2H3,(H,22,23,25)/t13-,15+,17-,18+/m0/s1. The first-order valence-electron chi connectivity index (χ1n) is 9.35. The fourth-order valence-corrected chi connectivity index (χ4v) is 4.90. The first kappa shape index (κ1) is 16.9. The van der Waals surface area contributed by atoms with Gasteiger partial charge in [-0.05, 0) is 56.4 Å². The molecule has 1 aromatic carbocycles. The monoisotopic (exact) mass is 377 g/mol. The molecule has 0 radical (unpaired) electrons. The van der Waals surface area contributed by atoms with E-state index in [4.69, 9.17) is 4.52 Å². The Hall–Kier alpha value is -3.22. The molecular formula is C21H19N3O4. The van der Waals surface area contributed by atoms with Gasteiger partial charge < -0.3 is 9.84 Å². The summed E-state index contributed by atoms with van der Waals surface area (Å²) in [5.41, 5.74) is 2.14. The number of allylic oxidation sites excluding steroid dienone is 2. The Balaban J connectivity index is 1.36. The molecule has 4 atom stereocenters. The molecule has 1 aliphatic heterocycles. The number of rotatable bonds is 3. The lowest BCUT2D eigenvalue weighted by molar-refractivity contribution is -0.123. The number of anilines is 2. The summed E-state index contributed by atoms with van der Waals surface area (Å²) in [5.74, 6) is 0.240. The smallest absolute Gasteiger partial charge is 0.256 e. The van der Waals surface area contributed by atoms with Crippen molar-refractivity contribution < 1.29 is 18.9 Å². The van der Waals surface area contributed by atoms with Crippen LogP contribution in [0.2, 0.25) is 0 Å². The number of nitrogens with zero attached hydrogens (tertiary/aromatic N) is 2. The molecule has 3 amide bonds. The Bertz CT molecular complexity index is 1040. The fourth-order valence-electron chi connectivity index (χ4n) is 4.90. The van der Waals surface area contributed by atoms with E-state index < -0.39 is 0 Å². The first-order chi connectivity index (χ1) is 13.4. The van der Waals surface area contributed by atoms with Gasteiger partial charge in [0.2, 0.25) is 11.8 Å². The molecule has 2 aliphatic carbocycles. The SMILES string of the molecule is CC1=C[C@H]2C[C@H]1[C@H]1C(=O)N(c3ccc(C(=O)Nc4cc(C)on4)cc3)C(=O)[C@H]12. The van der Waals surface area contributed by atoms with Gasteiger partial charge in [-0.1, -0.05) is 16.8 Å². The third-order valence-electron chi connectivity index (χ3n) is 6.14. The predicted octanol–water partition coefficient (Wildman–Crippen LogP) is 2.94. The van der Waals surface area contributed by atoms with Crippen molar-refractivity contribution >= 4 is 29.2 Å². The molecule has 2 heterocycles. The lowest BCUT2D eigenvalue weighted by Gasteiger charge is -2.19. The number of amides is 3. The van der Waals surface area contributed by atoms with Gasteiger partial charge in [-0.3, -0.25) is 19.3 Å². The number of imide groups is 1. The Kier molecular flexibility index (Phi) is 3.56. The molecule has 1 aromatic heterocycles. The number of aromatic nitrogens is 1. The van der Waals surface area contributed by atoms with Crippen molar-refractivity contribution in [1.29, 1.82) is 0 Å². The van der Waals surface area contributed by atoms with Gasteiger partial charge in [0, 0.05) is 11.6 Å². The number of carbonyl (C=O) groups is 3. The van der Waals surface area contributed by atoms with Crippen LogP contribution in [0.15, 0.2) is 46.5 Å². The molecule has 3 aliphatic rings. The van der Waals surface area contributed by atoms with Crippen LogP contribution in [0.5, 0.6) is 0 Å². The minimum atomic E-state index is -0.339. The molecule has 1 N–H and O–H groups in total. The van der Waals surface area contributed by atoms with Crippen LogP contribution in [0.25, 0.3) is 0 Å². The Morgan fingerprint density at radius 3 is 2.54 bits per heavy atom. The van der Waals surface area contributed by atoms with Gasteiger partial charge in [0.1, 0.15) is 5.76 Å². The van der Waals surface area contributed by atoms with Gasteiger partial charge in [-0.2, -0.15) is 0 Å². The van der Waals surface area contributed by atoms with Gasteiger partial charge in [-0.25, -0.2) is 0 Å². The summed E-state index contributed by atoms with van der Waals surface area (Å²) in [7, 11) is 0. The van der Waals surface area contributed by atoms with Crippen LogP contribution in [0.4, 0.5) is 11.5 Å². The van der Waals surface area contributed by atoms with Crippen LogP contribution in [-0.4, -0.2) is 22.9 Å². The highest BCUT2D eigenvalue weighted by Crippen LogP contribution is 2.55. The van der Waals surface area contributed by atoms with Crippen LogP contribution in [0, 0.1) is 30.6 Å². The van der Waals surface area contributed by atoms with Crippen molar-refractivity contribution in [3.63, 3.8) is 0 Å². The molecule has 2 aromatic rings. The molecule has 28 heavy (non-hydrogen) atoms. The third kappa shape index (κ3) is 2.35. The fraction of sp³-hybridized carbons (Fsp3) is 0.333. The second-order valence-electron chi connectivity index (χ2n) is 7.80. The molecule has 2 fully saturated rings. The molecule has 5 rings (SSSR count). The summed E-state index contributed by atoms with van der Waals surface area (Å²) in [4.78, 5) is 39.5. The van der Waals surface area contributed by atoms with E-state index in [1.54, 1.807) is 37.3 Å². The van der Waals surface area contributed by atoms with Gasteiger partial charge in [0.05, 0.1) is 17.5 Å². The topological polar surface area (TPSA) is 92.5 Å². The van der Waals surface area contributed by atoms with Gasteiger partial charge >= 0.3 is 0 Å². The van der Waals surface area contributed by atoms with E-state index in [1.807, 2.05) is 6.92 Å². The lowest BCUT2D eigenvalue weighted by atomic mass is 9.82. The van der Waals surface area contributed by atoms with E-state index >= 15 is 0 Å². The lowest BCUT2D eigenvalue weighted by Crippen LogP contribution is -2.33. The Morgan fingerprint density at radius 1 is 1.14 bits per heavy atom. The summed E-state index contributed by atoms with van der Waals surface area (Å²) in [6.07, 6.45) is 3.06. The zero-order valence-corrected chi connectivity index (χ0v) is 15.5. The van der Waals surface area contributed by atoms with Crippen molar-refractivity contribution in [2.24, 2.45) is 23.7 Å². The number of aryl methyl sites for hydroxylation is 1. The molecule has 0 unspecified atom stereocenters. The zero-order valence-electron chi connectivity index (χ0n) is 15.5. The van der Waals surface area contributed by atoms with Gasteiger partial charge in [0.25, 0.3) is 5.91 Å². The van der Waals surface area contributed by atoms with E-state index in [1.165, 1.54) is 10.5 Å². The highest BCUT2D eigenvalue weighted by Gasteiger charge is 2.60. The van der Waals surface area contributed by atoms with Crippen LogP contribution < -0.4 is 10.2 Å². The molecule has 2 bridgehead atoms. The second kappa shape index (κ2) is 5.89. The molecule has 142 valence electrons. The summed E-state index contributed by atoms with van der Waals surface area (Å²) in [5, 5.41) is 6.38. The van der Waals surface area contributed by atoms with Crippen LogP contribution in [0.3, 0.4) is 0 Å². The second-order valence-corrected chi connectivity index (χ2v) is 7.80. The van der Waals surface area contributed by atoms with Crippen molar-refractivity contribution in [1.82, 2.24) is 5.16 Å². The van der Waals surface area contributed by atoms with Gasteiger partial charge in [-0.15, -0.1) is 0 Å². The highest BCUT2D eigenvalue weighted by atomic mass is 16.5. The molecule has 1 saturated carbocycles. The normalized spacial score (nSPS) is 27.9. The van der Waals surface area contributed by atoms with Crippen LogP contribution >= 0.6 is 0 Å². The van der Waals surface area contributed by atoms with E-state index in [0.717, 1.165) is 6.42 Å². The summed E-state index contributed by atoms with van der Waals surface area (Å²) in [6, 6.07) is 8.11. The van der Waals surface area contributed by atoms with Gasteiger partial charge in [0.15, 0.2) is 5.82 Å². The van der Waals surface area contributed by atoms with Crippen molar-refractivity contribution in [3.05, 3.63) is 53.3 Å². The molecule has 0 spiro atoms. The number of hydrogen-bond acceptors (Lipinski definition) is 5. The predicted molar refractivity (Wildman–Crippen MR) is 100 cm³/mol. The van der Waals surface area contributed by atoms with E-state index in [-0.39, 0.29) is 41.4 Å². The average Bonchev–Trinajstić information content (AvgIpc) is 3.40. The maximum atomic E-state index is 13.0. The number of hydrogen-bond donors (Lipinski definition) is 1. The number of fused-ring (bicyclic) bond motifs is 5. The van der Waals surface area contributed by atoms with Crippen molar-refractivity contribution in [2.75, 3.05) is 10.2 Å². The largest absolute Gasteiger partial charge is 0.360 e. The molecule has 1 saturated heterocycles. The average molecular weight is 377 g/mol. The summed E-state index contributed by atoms with van der Waals surface area (Å²) in [6.45, 7) is 3.78. The van der Waals surface area contributed by atoms with Crippen LogP contribution in [0.1, 0.15) is 29.5 Å². The summed E-state index contributed by atoms with van der Waals surface area (Å²) >= 11 is 0. The number of benzene rings is 1. The highest BCUT2D eigenvalue weighted by molar-refractivity contribution is 6.23. The minimum absolute atomic E-state index is 0.120. The first-order valence-corrected chi connectivity index (χ1v) is 9.35. The third-order valence-corrected chi connectivity index (χ3v) is 6.14. The van der Waals surface area contributed by atoms with Crippen molar-refractivity contribution in [3.8, 4) is 0 Å². The van der Waals surface area contributed by atoms with E-state index in [2.05, 4.69) is 16.5 Å². The minimum Gasteiger partial charge on any atom is -0.360 e. The van der Waals surface area contributed by atoms with Crippen LogP contribution in [-0.2, 0) is 9.59 Å². The Labute approximate surface area is 161 Å². The number of carbonyl (C=O) groups excluding carboxylic acids is 3. The van der Waals surface area contributed by atoms with E-state index in [9.17, 15) is 14.4 Å². The zero-order chi connectivity index (χ0) is 19.6. The maximum Gasteiger partial charge on any atom is 0.256 e. The molecule has 7 nitrogen and oxygen atoms in total. The molecule has 7 heteroatoms. The van der Waals surface area contributed by atoms with Crippen molar-refractivity contribution in [2.45, 2.75) is 20.3 Å². The van der Waals surface area contributed by atoms with E-state index in [0.29, 0.717) is 22.8 Å². The molecular weight excluding hydrogens is 358 g/mol. The number of nitrogens with one attached hydrogen (secondary N) is 1. The maximum absolute atomic E-state index is 13.0. The Morgan fingerprint density at radius 2 is 1.86 bits per heavy atom. The summed E-state index contributed by atoms with van der Waals surface area (Å²) < 4.78 is 4.93.